The number of nitrogens with one attached hydrogen (secondary N) is 1. The number of hydrogen-bond acceptors (Lipinski definition) is 2. The third-order valence-corrected chi connectivity index (χ3v) is 2.25. The number of hydrogen-bond donors (Lipinski definition) is 2. The highest BCUT2D eigenvalue weighted by molar-refractivity contribution is 5.23. The maximum Gasteiger partial charge on any atom is 0.325 e. The van der Waals surface area contributed by atoms with E-state index in [9.17, 15) is 4.79 Å². The Balaban J connectivity index is 2.24. The zero-order valence-corrected chi connectivity index (χ0v) is 8.18. The molecule has 0 aliphatic heterocycles. The lowest BCUT2D eigenvalue weighted by Crippen LogP contribution is -2.16. The summed E-state index contributed by atoms with van der Waals surface area (Å²) >= 11 is 0. The quantitative estimate of drug-likeness (QED) is 0.773. The zero-order chi connectivity index (χ0) is 10.7. The first-order chi connectivity index (χ1) is 7.29. The Morgan fingerprint density at radius 3 is 2.80 bits per heavy atom. The van der Waals surface area contributed by atoms with Crippen LogP contribution in [0, 0.1) is 0 Å². The Bertz CT molecular complexity index is 499. The molecular formula is C11H12N2O2. The van der Waals surface area contributed by atoms with Crippen LogP contribution in [-0.4, -0.2) is 14.7 Å². The summed E-state index contributed by atoms with van der Waals surface area (Å²) in [5, 5.41) is 8.97. The number of rotatable bonds is 3. The van der Waals surface area contributed by atoms with Gasteiger partial charge in [-0.1, -0.05) is 24.3 Å². The van der Waals surface area contributed by atoms with Crippen molar-refractivity contribution in [2.24, 2.45) is 0 Å². The van der Waals surface area contributed by atoms with Gasteiger partial charge in [0.25, 0.3) is 0 Å². The van der Waals surface area contributed by atoms with Gasteiger partial charge in [0.1, 0.15) is 0 Å². The number of nitrogens with zero attached hydrogens (tertiary/aromatic N) is 1. The number of benzene rings is 1. The molecule has 0 aliphatic carbocycles. The first-order valence-corrected chi connectivity index (χ1v) is 4.72. The van der Waals surface area contributed by atoms with Crippen molar-refractivity contribution in [2.75, 3.05) is 0 Å². The fraction of sp³-hybridized carbons (Fsp3) is 0.182. The summed E-state index contributed by atoms with van der Waals surface area (Å²) in [7, 11) is 0. The van der Waals surface area contributed by atoms with Crippen molar-refractivity contribution < 1.29 is 5.11 Å². The number of aromatic nitrogens is 2. The van der Waals surface area contributed by atoms with Gasteiger partial charge in [0, 0.05) is 12.4 Å². The molecule has 1 aromatic heterocycles. The number of aliphatic hydroxyl groups excluding tert-OH is 1. The van der Waals surface area contributed by atoms with Gasteiger partial charge in [0.15, 0.2) is 0 Å². The van der Waals surface area contributed by atoms with Crippen LogP contribution < -0.4 is 5.69 Å². The SMILES string of the molecule is O=c1[nH]ccn1Cc1cccc(CO)c1. The first kappa shape index (κ1) is 9.73. The average molecular weight is 204 g/mol. The third-order valence-electron chi connectivity index (χ3n) is 2.25. The molecular weight excluding hydrogens is 192 g/mol. The molecule has 0 fully saturated rings. The maximum atomic E-state index is 11.2. The van der Waals surface area contributed by atoms with Gasteiger partial charge in [-0.05, 0) is 11.1 Å². The lowest BCUT2D eigenvalue weighted by Gasteiger charge is -2.03. The van der Waals surface area contributed by atoms with Crippen molar-refractivity contribution in [3.63, 3.8) is 0 Å². The molecule has 0 radical (unpaired) electrons. The smallest absolute Gasteiger partial charge is 0.325 e. The molecule has 78 valence electrons. The van der Waals surface area contributed by atoms with Gasteiger partial charge < -0.3 is 10.1 Å². The van der Waals surface area contributed by atoms with Crippen molar-refractivity contribution in [1.29, 1.82) is 0 Å². The van der Waals surface area contributed by atoms with Crippen LogP contribution in [0.5, 0.6) is 0 Å². The van der Waals surface area contributed by atoms with Crippen molar-refractivity contribution >= 4 is 0 Å². The molecule has 2 aromatic rings. The van der Waals surface area contributed by atoms with Crippen molar-refractivity contribution in [1.82, 2.24) is 9.55 Å². The van der Waals surface area contributed by atoms with E-state index >= 15 is 0 Å². The second-order valence-corrected chi connectivity index (χ2v) is 3.37. The minimum Gasteiger partial charge on any atom is -0.392 e. The molecule has 0 amide bonds. The summed E-state index contributed by atoms with van der Waals surface area (Å²) in [6, 6.07) is 7.54. The maximum absolute atomic E-state index is 11.2. The van der Waals surface area contributed by atoms with E-state index < -0.39 is 0 Å². The molecule has 1 aromatic carbocycles. The van der Waals surface area contributed by atoms with Gasteiger partial charge in [0.2, 0.25) is 0 Å². The molecule has 0 aliphatic rings. The van der Waals surface area contributed by atoms with E-state index in [0.29, 0.717) is 6.54 Å². The Morgan fingerprint density at radius 2 is 2.13 bits per heavy atom. The van der Waals surface area contributed by atoms with Gasteiger partial charge in [0.05, 0.1) is 13.2 Å². The van der Waals surface area contributed by atoms with E-state index in [0.717, 1.165) is 11.1 Å². The highest BCUT2D eigenvalue weighted by Gasteiger charge is 1.99. The number of aromatic amines is 1. The van der Waals surface area contributed by atoms with Crippen LogP contribution in [0.15, 0.2) is 41.5 Å². The van der Waals surface area contributed by atoms with Gasteiger partial charge in [-0.15, -0.1) is 0 Å². The molecule has 0 bridgehead atoms. The van der Waals surface area contributed by atoms with Crippen LogP contribution in [0.2, 0.25) is 0 Å². The first-order valence-electron chi connectivity index (χ1n) is 4.72. The molecule has 0 spiro atoms. The Morgan fingerprint density at radius 1 is 1.33 bits per heavy atom. The predicted octanol–water partition coefficient (Wildman–Crippen LogP) is 0.717. The van der Waals surface area contributed by atoms with Crippen LogP contribution >= 0.6 is 0 Å². The Kier molecular flexibility index (Phi) is 2.69. The summed E-state index contributed by atoms with van der Waals surface area (Å²) < 4.78 is 1.58. The fourth-order valence-electron chi connectivity index (χ4n) is 1.50. The van der Waals surface area contributed by atoms with E-state index in [4.69, 9.17) is 5.11 Å². The molecule has 2 rings (SSSR count). The van der Waals surface area contributed by atoms with Gasteiger partial charge in [-0.25, -0.2) is 4.79 Å². The molecule has 0 unspecified atom stereocenters. The molecule has 0 atom stereocenters. The van der Waals surface area contributed by atoms with Gasteiger partial charge >= 0.3 is 5.69 Å². The number of aliphatic hydroxyl groups is 1. The summed E-state index contributed by atoms with van der Waals surface area (Å²) in [6.07, 6.45) is 3.31. The molecule has 1 heterocycles. The predicted molar refractivity (Wildman–Crippen MR) is 56.5 cm³/mol. The topological polar surface area (TPSA) is 58.0 Å². The standard InChI is InChI=1S/C11H12N2O2/c14-8-10-3-1-2-9(6-10)7-13-5-4-12-11(13)15/h1-6,14H,7-8H2,(H,12,15). The van der Waals surface area contributed by atoms with Gasteiger partial charge in [-0.3, -0.25) is 4.57 Å². The van der Waals surface area contributed by atoms with Crippen LogP contribution in [0.1, 0.15) is 11.1 Å². The largest absolute Gasteiger partial charge is 0.392 e. The van der Waals surface area contributed by atoms with Crippen LogP contribution in [0.25, 0.3) is 0 Å². The van der Waals surface area contributed by atoms with Crippen molar-refractivity contribution in [2.45, 2.75) is 13.2 Å². The zero-order valence-electron chi connectivity index (χ0n) is 8.18. The molecule has 0 saturated carbocycles. The lowest BCUT2D eigenvalue weighted by molar-refractivity contribution is 0.281. The highest BCUT2D eigenvalue weighted by Crippen LogP contribution is 2.06. The Hall–Kier alpha value is -1.81. The van der Waals surface area contributed by atoms with E-state index in [2.05, 4.69) is 4.98 Å². The van der Waals surface area contributed by atoms with E-state index in [1.807, 2.05) is 24.3 Å². The van der Waals surface area contributed by atoms with Crippen molar-refractivity contribution in [3.8, 4) is 0 Å². The summed E-state index contributed by atoms with van der Waals surface area (Å²) in [4.78, 5) is 13.8. The monoisotopic (exact) mass is 204 g/mol. The molecule has 2 N–H and O–H groups in total. The molecule has 0 saturated heterocycles. The second kappa shape index (κ2) is 4.14. The number of imidazole rings is 1. The normalized spacial score (nSPS) is 10.5. The minimum absolute atomic E-state index is 0.0237. The van der Waals surface area contributed by atoms with E-state index in [1.54, 1.807) is 17.0 Å². The summed E-state index contributed by atoms with van der Waals surface area (Å²) in [5.74, 6) is 0. The summed E-state index contributed by atoms with van der Waals surface area (Å²) in [5.41, 5.74) is 1.74. The van der Waals surface area contributed by atoms with E-state index in [1.165, 1.54) is 0 Å². The molecule has 4 nitrogen and oxygen atoms in total. The fourth-order valence-corrected chi connectivity index (χ4v) is 1.50. The minimum atomic E-state index is -0.121. The lowest BCUT2D eigenvalue weighted by atomic mass is 10.1. The van der Waals surface area contributed by atoms with Gasteiger partial charge in [-0.2, -0.15) is 0 Å². The number of H-pyrrole nitrogens is 1. The summed E-state index contributed by atoms with van der Waals surface area (Å²) in [6.45, 7) is 0.548. The van der Waals surface area contributed by atoms with Crippen molar-refractivity contribution in [3.05, 3.63) is 58.3 Å². The van der Waals surface area contributed by atoms with Crippen LogP contribution in [0.3, 0.4) is 0 Å². The van der Waals surface area contributed by atoms with Crippen LogP contribution in [0.4, 0.5) is 0 Å². The van der Waals surface area contributed by atoms with E-state index in [-0.39, 0.29) is 12.3 Å². The molecule has 15 heavy (non-hydrogen) atoms. The average Bonchev–Trinajstić information content (AvgIpc) is 2.65. The highest BCUT2D eigenvalue weighted by atomic mass is 16.3. The Labute approximate surface area is 86.8 Å². The second-order valence-electron chi connectivity index (χ2n) is 3.37. The molecule has 4 heteroatoms. The third kappa shape index (κ3) is 2.16. The van der Waals surface area contributed by atoms with Crippen LogP contribution in [-0.2, 0) is 13.2 Å².